The minimum Gasteiger partial charge on any atom is -0.293 e. The number of rotatable bonds is 5. The Hall–Kier alpha value is -1.23. The minimum atomic E-state index is -3.41. The highest BCUT2D eigenvalue weighted by molar-refractivity contribution is 7.92. The highest BCUT2D eigenvalue weighted by Crippen LogP contribution is 2.10. The molecule has 0 N–H and O–H groups in total. The quantitative estimate of drug-likeness (QED) is 0.761. The van der Waals surface area contributed by atoms with E-state index < -0.39 is 32.4 Å². The van der Waals surface area contributed by atoms with Crippen molar-refractivity contribution in [2.75, 3.05) is 5.75 Å². The zero-order chi connectivity index (χ0) is 13.1. The molecule has 0 saturated heterocycles. The van der Waals surface area contributed by atoms with Crippen LogP contribution in [0, 0.1) is 5.82 Å². The largest absolute Gasteiger partial charge is 0.293 e. The predicted molar refractivity (Wildman–Crippen MR) is 64.3 cm³/mol. The van der Waals surface area contributed by atoms with Gasteiger partial charge >= 0.3 is 0 Å². The van der Waals surface area contributed by atoms with Crippen molar-refractivity contribution in [3.05, 3.63) is 35.6 Å². The van der Waals surface area contributed by atoms with Gasteiger partial charge in [0, 0.05) is 5.56 Å². The monoisotopic (exact) mass is 258 g/mol. The molecular formula is C12H15FO3S. The summed E-state index contributed by atoms with van der Waals surface area (Å²) in [5, 5.41) is -0.535. The summed E-state index contributed by atoms with van der Waals surface area (Å²) in [6, 6.07) is 4.87. The van der Waals surface area contributed by atoms with Crippen LogP contribution in [-0.2, 0) is 9.84 Å². The number of sulfone groups is 1. The van der Waals surface area contributed by atoms with Gasteiger partial charge in [0.05, 0.1) is 5.25 Å². The summed E-state index contributed by atoms with van der Waals surface area (Å²) < 4.78 is 36.1. The second-order valence-electron chi connectivity index (χ2n) is 3.96. The highest BCUT2D eigenvalue weighted by atomic mass is 32.2. The lowest BCUT2D eigenvalue weighted by Gasteiger charge is -2.09. The van der Waals surface area contributed by atoms with Gasteiger partial charge in [-0.1, -0.05) is 6.92 Å². The molecule has 94 valence electrons. The van der Waals surface area contributed by atoms with E-state index in [1.807, 2.05) is 0 Å². The topological polar surface area (TPSA) is 51.2 Å². The first-order valence-electron chi connectivity index (χ1n) is 5.37. The number of Topliss-reactive ketones (excluding diaryl/α,β-unsaturated/α-hetero) is 1. The van der Waals surface area contributed by atoms with Gasteiger partial charge in [-0.05, 0) is 37.6 Å². The van der Waals surface area contributed by atoms with Crippen LogP contribution in [0.25, 0.3) is 0 Å². The number of hydrogen-bond acceptors (Lipinski definition) is 3. The van der Waals surface area contributed by atoms with Crippen molar-refractivity contribution < 1.29 is 17.6 Å². The van der Waals surface area contributed by atoms with Crippen molar-refractivity contribution in [3.63, 3.8) is 0 Å². The van der Waals surface area contributed by atoms with Crippen molar-refractivity contribution >= 4 is 15.6 Å². The summed E-state index contributed by atoms with van der Waals surface area (Å²) in [7, 11) is -3.41. The molecule has 1 aromatic rings. The Morgan fingerprint density at radius 1 is 1.29 bits per heavy atom. The molecule has 0 saturated carbocycles. The lowest BCUT2D eigenvalue weighted by atomic mass is 10.1. The molecule has 1 atom stereocenters. The highest BCUT2D eigenvalue weighted by Gasteiger charge is 2.23. The van der Waals surface area contributed by atoms with Crippen LogP contribution in [0.3, 0.4) is 0 Å². The maximum Gasteiger partial charge on any atom is 0.177 e. The van der Waals surface area contributed by atoms with Crippen LogP contribution < -0.4 is 0 Å². The Morgan fingerprint density at radius 2 is 1.82 bits per heavy atom. The van der Waals surface area contributed by atoms with E-state index in [4.69, 9.17) is 0 Å². The second-order valence-corrected chi connectivity index (χ2v) is 6.38. The summed E-state index contributed by atoms with van der Waals surface area (Å²) in [6.07, 6.45) is 0.471. The molecule has 1 rings (SSSR count). The van der Waals surface area contributed by atoms with Crippen molar-refractivity contribution in [2.45, 2.75) is 25.5 Å². The van der Waals surface area contributed by atoms with Gasteiger partial charge in [0.15, 0.2) is 15.6 Å². The Kier molecular flexibility index (Phi) is 4.40. The molecule has 0 spiro atoms. The van der Waals surface area contributed by atoms with Gasteiger partial charge in [-0.2, -0.15) is 0 Å². The minimum absolute atomic E-state index is 0.221. The van der Waals surface area contributed by atoms with Crippen LogP contribution in [0.4, 0.5) is 4.39 Å². The van der Waals surface area contributed by atoms with Crippen LogP contribution in [-0.4, -0.2) is 25.2 Å². The van der Waals surface area contributed by atoms with Crippen molar-refractivity contribution in [1.29, 1.82) is 0 Å². The Balaban J connectivity index is 2.83. The average molecular weight is 258 g/mol. The summed E-state index contributed by atoms with van der Waals surface area (Å²) in [5.41, 5.74) is 0.221. The molecule has 0 bridgehead atoms. The van der Waals surface area contributed by atoms with Crippen molar-refractivity contribution in [3.8, 4) is 0 Å². The third kappa shape index (κ3) is 3.63. The number of hydrogen-bond donors (Lipinski definition) is 0. The molecule has 5 heteroatoms. The van der Waals surface area contributed by atoms with Gasteiger partial charge in [0.25, 0.3) is 0 Å². The molecule has 3 nitrogen and oxygen atoms in total. The Morgan fingerprint density at radius 3 is 2.29 bits per heavy atom. The SMILES string of the molecule is CCC(C)S(=O)(=O)CC(=O)c1ccc(F)cc1. The van der Waals surface area contributed by atoms with Crippen LogP contribution >= 0.6 is 0 Å². The normalized spacial score (nSPS) is 13.4. The van der Waals surface area contributed by atoms with E-state index >= 15 is 0 Å². The average Bonchev–Trinajstić information content (AvgIpc) is 2.28. The van der Waals surface area contributed by atoms with Crippen LogP contribution in [0.5, 0.6) is 0 Å². The molecule has 17 heavy (non-hydrogen) atoms. The molecule has 0 aliphatic heterocycles. The zero-order valence-corrected chi connectivity index (χ0v) is 10.6. The standard InChI is InChI=1S/C12H15FO3S/c1-3-9(2)17(15,16)8-12(14)10-4-6-11(13)7-5-10/h4-7,9H,3,8H2,1-2H3. The van der Waals surface area contributed by atoms with E-state index in [9.17, 15) is 17.6 Å². The molecule has 0 amide bonds. The third-order valence-corrected chi connectivity index (χ3v) is 4.91. The number of carbonyl (C=O) groups is 1. The maximum absolute atomic E-state index is 12.6. The molecule has 0 fully saturated rings. The first kappa shape index (κ1) is 13.8. The second kappa shape index (κ2) is 5.40. The van der Waals surface area contributed by atoms with Crippen molar-refractivity contribution in [2.24, 2.45) is 0 Å². The van der Waals surface area contributed by atoms with E-state index in [0.29, 0.717) is 6.42 Å². The van der Waals surface area contributed by atoms with E-state index in [0.717, 1.165) is 12.1 Å². The molecule has 0 heterocycles. The molecule has 0 aliphatic rings. The van der Waals surface area contributed by atoms with E-state index in [1.54, 1.807) is 13.8 Å². The molecular weight excluding hydrogens is 243 g/mol. The fourth-order valence-electron chi connectivity index (χ4n) is 1.30. The van der Waals surface area contributed by atoms with E-state index in [-0.39, 0.29) is 5.56 Å². The summed E-state index contributed by atoms with van der Waals surface area (Å²) in [5.74, 6) is -1.47. The van der Waals surface area contributed by atoms with Gasteiger partial charge in [0.1, 0.15) is 11.6 Å². The molecule has 0 radical (unpaired) electrons. The Bertz CT molecular complexity index is 491. The van der Waals surface area contributed by atoms with Gasteiger partial charge in [-0.15, -0.1) is 0 Å². The van der Waals surface area contributed by atoms with Crippen LogP contribution in [0.2, 0.25) is 0 Å². The number of carbonyl (C=O) groups excluding carboxylic acids is 1. The van der Waals surface area contributed by atoms with Crippen LogP contribution in [0.1, 0.15) is 30.6 Å². The Labute approximate surface area is 101 Å². The summed E-state index contributed by atoms with van der Waals surface area (Å²) in [4.78, 5) is 11.7. The smallest absolute Gasteiger partial charge is 0.177 e. The maximum atomic E-state index is 12.6. The first-order valence-corrected chi connectivity index (χ1v) is 7.08. The predicted octanol–water partition coefficient (Wildman–Crippen LogP) is 2.22. The first-order chi connectivity index (χ1) is 7.86. The van der Waals surface area contributed by atoms with E-state index in [2.05, 4.69) is 0 Å². The van der Waals surface area contributed by atoms with Gasteiger partial charge in [-0.3, -0.25) is 4.79 Å². The third-order valence-electron chi connectivity index (χ3n) is 2.69. The number of benzene rings is 1. The molecule has 1 aromatic carbocycles. The molecule has 0 aromatic heterocycles. The summed E-state index contributed by atoms with van der Waals surface area (Å²) in [6.45, 7) is 3.33. The molecule has 1 unspecified atom stereocenters. The molecule has 0 aliphatic carbocycles. The van der Waals surface area contributed by atoms with E-state index in [1.165, 1.54) is 12.1 Å². The number of ketones is 1. The lowest BCUT2D eigenvalue weighted by molar-refractivity contribution is 0.102. The van der Waals surface area contributed by atoms with Gasteiger partial charge in [-0.25, -0.2) is 12.8 Å². The van der Waals surface area contributed by atoms with Gasteiger partial charge in [0.2, 0.25) is 0 Å². The fraction of sp³-hybridized carbons (Fsp3) is 0.417. The van der Waals surface area contributed by atoms with Crippen LogP contribution in [0.15, 0.2) is 24.3 Å². The van der Waals surface area contributed by atoms with Gasteiger partial charge < -0.3 is 0 Å². The number of halogens is 1. The lowest BCUT2D eigenvalue weighted by Crippen LogP contribution is -2.25. The van der Waals surface area contributed by atoms with Crippen molar-refractivity contribution in [1.82, 2.24) is 0 Å². The summed E-state index contributed by atoms with van der Waals surface area (Å²) >= 11 is 0. The zero-order valence-electron chi connectivity index (χ0n) is 9.81. The fourth-order valence-corrected chi connectivity index (χ4v) is 2.62.